The summed E-state index contributed by atoms with van der Waals surface area (Å²) >= 11 is 0. The first-order valence-electron chi connectivity index (χ1n) is 13.2. The standard InChI is InChI=1S/C25H52N6/c1-24(2,8-5-23-6-10-26-11-7-23)28-14-18-30-19-21-31(22-20-30)25(3,4)9-15-29-16-12-27-13-17-29/h23,26-28H,5-22H2,1-4H3. The fourth-order valence-corrected chi connectivity index (χ4v) is 5.48. The second-order valence-electron chi connectivity index (χ2n) is 11.5. The minimum Gasteiger partial charge on any atom is -0.317 e. The van der Waals surface area contributed by atoms with Crippen LogP contribution in [0.2, 0.25) is 0 Å². The first kappa shape index (κ1) is 25.4. The average molecular weight is 437 g/mol. The number of nitrogens with zero attached hydrogens (tertiary/aromatic N) is 3. The number of hydrogen-bond acceptors (Lipinski definition) is 6. The van der Waals surface area contributed by atoms with Gasteiger partial charge in [-0.15, -0.1) is 0 Å². The molecule has 3 aliphatic rings. The van der Waals surface area contributed by atoms with Crippen molar-refractivity contribution >= 4 is 0 Å². The summed E-state index contributed by atoms with van der Waals surface area (Å²) in [6.45, 7) is 25.3. The molecule has 6 heteroatoms. The Balaban J connectivity index is 1.28. The molecule has 0 amide bonds. The lowest BCUT2D eigenvalue weighted by Crippen LogP contribution is -2.56. The van der Waals surface area contributed by atoms with Crippen LogP contribution in [0.15, 0.2) is 0 Å². The SMILES string of the molecule is CC(C)(CCC1CCNCC1)NCCN1CCN(C(C)(C)CCN2CCNCC2)CC1. The molecular weight excluding hydrogens is 384 g/mol. The first-order chi connectivity index (χ1) is 14.8. The van der Waals surface area contributed by atoms with Gasteiger partial charge in [0.15, 0.2) is 0 Å². The van der Waals surface area contributed by atoms with Crippen molar-refractivity contribution in [1.29, 1.82) is 0 Å². The van der Waals surface area contributed by atoms with Crippen LogP contribution in [0, 0.1) is 5.92 Å². The van der Waals surface area contributed by atoms with Gasteiger partial charge in [0.25, 0.3) is 0 Å². The van der Waals surface area contributed by atoms with Crippen LogP contribution in [0.5, 0.6) is 0 Å². The molecule has 0 aliphatic carbocycles. The summed E-state index contributed by atoms with van der Waals surface area (Å²) in [5.41, 5.74) is 0.574. The summed E-state index contributed by atoms with van der Waals surface area (Å²) in [4.78, 5) is 8.04. The van der Waals surface area contributed by atoms with Gasteiger partial charge >= 0.3 is 0 Å². The molecule has 0 aromatic rings. The van der Waals surface area contributed by atoms with Crippen molar-refractivity contribution in [3.63, 3.8) is 0 Å². The highest BCUT2D eigenvalue weighted by Crippen LogP contribution is 2.23. The van der Waals surface area contributed by atoms with Crippen LogP contribution in [-0.2, 0) is 0 Å². The number of piperidine rings is 1. The molecule has 3 N–H and O–H groups in total. The van der Waals surface area contributed by atoms with Crippen molar-refractivity contribution < 1.29 is 0 Å². The molecular formula is C25H52N6. The fraction of sp³-hybridized carbons (Fsp3) is 1.00. The number of hydrogen-bond donors (Lipinski definition) is 3. The third kappa shape index (κ3) is 8.90. The molecule has 0 unspecified atom stereocenters. The van der Waals surface area contributed by atoms with Gasteiger partial charge in [-0.05, 0) is 85.4 Å². The molecule has 0 aromatic carbocycles. The third-order valence-corrected chi connectivity index (χ3v) is 8.15. The zero-order chi connectivity index (χ0) is 22.2. The summed E-state index contributed by atoms with van der Waals surface area (Å²) in [6, 6.07) is 0. The molecule has 182 valence electrons. The normalized spacial score (nSPS) is 24.0. The molecule has 0 spiro atoms. The maximum atomic E-state index is 3.86. The van der Waals surface area contributed by atoms with Crippen LogP contribution in [-0.4, -0.2) is 111 Å². The highest BCUT2D eigenvalue weighted by atomic mass is 15.3. The molecule has 0 saturated carbocycles. The first-order valence-corrected chi connectivity index (χ1v) is 13.2. The van der Waals surface area contributed by atoms with Gasteiger partial charge in [-0.2, -0.15) is 0 Å². The van der Waals surface area contributed by atoms with E-state index in [1.165, 1.54) is 97.6 Å². The zero-order valence-electron chi connectivity index (χ0n) is 21.1. The third-order valence-electron chi connectivity index (χ3n) is 8.15. The molecule has 0 bridgehead atoms. The molecule has 3 saturated heterocycles. The van der Waals surface area contributed by atoms with Gasteiger partial charge in [0.1, 0.15) is 0 Å². The van der Waals surface area contributed by atoms with Crippen LogP contribution in [0.25, 0.3) is 0 Å². The number of piperazine rings is 2. The van der Waals surface area contributed by atoms with Gasteiger partial charge in [-0.25, -0.2) is 0 Å². The van der Waals surface area contributed by atoms with E-state index in [9.17, 15) is 0 Å². The Bertz CT molecular complexity index is 485. The number of rotatable bonds is 11. The lowest BCUT2D eigenvalue weighted by Gasteiger charge is -2.45. The maximum Gasteiger partial charge on any atom is 0.0166 e. The van der Waals surface area contributed by atoms with Gasteiger partial charge < -0.3 is 20.9 Å². The van der Waals surface area contributed by atoms with E-state index in [1.807, 2.05) is 0 Å². The van der Waals surface area contributed by atoms with E-state index in [0.29, 0.717) is 5.54 Å². The van der Waals surface area contributed by atoms with Gasteiger partial charge in [-0.1, -0.05) is 0 Å². The molecule has 3 aliphatic heterocycles. The summed E-state index contributed by atoms with van der Waals surface area (Å²) in [5, 5.41) is 10.8. The molecule has 0 aromatic heterocycles. The molecule has 3 rings (SSSR count). The Morgan fingerprint density at radius 3 is 2.03 bits per heavy atom. The van der Waals surface area contributed by atoms with Crippen LogP contribution >= 0.6 is 0 Å². The topological polar surface area (TPSA) is 45.8 Å². The Labute approximate surface area is 192 Å². The Kier molecular flexibility index (Phi) is 10.1. The Morgan fingerprint density at radius 1 is 0.742 bits per heavy atom. The molecule has 0 radical (unpaired) electrons. The van der Waals surface area contributed by atoms with Gasteiger partial charge in [-0.3, -0.25) is 9.80 Å². The quantitative estimate of drug-likeness (QED) is 0.459. The van der Waals surface area contributed by atoms with Gasteiger partial charge in [0, 0.05) is 76.5 Å². The summed E-state index contributed by atoms with van der Waals surface area (Å²) < 4.78 is 0. The van der Waals surface area contributed by atoms with Crippen LogP contribution in [0.4, 0.5) is 0 Å². The monoisotopic (exact) mass is 436 g/mol. The van der Waals surface area contributed by atoms with Crippen molar-refractivity contribution in [3.8, 4) is 0 Å². The summed E-state index contributed by atoms with van der Waals surface area (Å²) in [6.07, 6.45) is 6.69. The van der Waals surface area contributed by atoms with E-state index in [2.05, 4.69) is 58.3 Å². The van der Waals surface area contributed by atoms with E-state index >= 15 is 0 Å². The van der Waals surface area contributed by atoms with Crippen molar-refractivity contribution in [1.82, 2.24) is 30.7 Å². The van der Waals surface area contributed by atoms with E-state index in [-0.39, 0.29) is 5.54 Å². The molecule has 3 fully saturated rings. The zero-order valence-corrected chi connectivity index (χ0v) is 21.1. The second kappa shape index (κ2) is 12.3. The Morgan fingerprint density at radius 2 is 1.35 bits per heavy atom. The van der Waals surface area contributed by atoms with Gasteiger partial charge in [0.2, 0.25) is 0 Å². The summed E-state index contributed by atoms with van der Waals surface area (Å²) in [7, 11) is 0. The van der Waals surface area contributed by atoms with E-state index in [4.69, 9.17) is 0 Å². The minimum absolute atomic E-state index is 0.263. The summed E-state index contributed by atoms with van der Waals surface area (Å²) in [5.74, 6) is 0.935. The van der Waals surface area contributed by atoms with Crippen molar-refractivity contribution in [3.05, 3.63) is 0 Å². The lowest BCUT2D eigenvalue weighted by atomic mass is 9.87. The number of nitrogens with one attached hydrogen (secondary N) is 3. The largest absolute Gasteiger partial charge is 0.317 e. The maximum absolute atomic E-state index is 3.86. The predicted molar refractivity (Wildman–Crippen MR) is 133 cm³/mol. The van der Waals surface area contributed by atoms with Crippen molar-refractivity contribution in [2.45, 2.75) is 70.9 Å². The van der Waals surface area contributed by atoms with Crippen LogP contribution in [0.3, 0.4) is 0 Å². The molecule has 3 heterocycles. The predicted octanol–water partition coefficient (Wildman–Crippen LogP) is 1.83. The molecule has 31 heavy (non-hydrogen) atoms. The minimum atomic E-state index is 0.263. The van der Waals surface area contributed by atoms with E-state index < -0.39 is 0 Å². The van der Waals surface area contributed by atoms with Gasteiger partial charge in [0.05, 0.1) is 0 Å². The van der Waals surface area contributed by atoms with Crippen molar-refractivity contribution in [2.24, 2.45) is 5.92 Å². The Hall–Kier alpha value is -0.240. The van der Waals surface area contributed by atoms with Crippen molar-refractivity contribution in [2.75, 3.05) is 85.1 Å². The smallest absolute Gasteiger partial charge is 0.0166 e. The lowest BCUT2D eigenvalue weighted by molar-refractivity contribution is 0.0397. The fourth-order valence-electron chi connectivity index (χ4n) is 5.48. The second-order valence-corrected chi connectivity index (χ2v) is 11.5. The molecule has 0 atom stereocenters. The highest BCUT2D eigenvalue weighted by Gasteiger charge is 2.30. The van der Waals surface area contributed by atoms with E-state index in [0.717, 1.165) is 25.6 Å². The van der Waals surface area contributed by atoms with E-state index in [1.54, 1.807) is 0 Å². The molecule has 6 nitrogen and oxygen atoms in total. The highest BCUT2D eigenvalue weighted by molar-refractivity contribution is 4.88. The van der Waals surface area contributed by atoms with Crippen LogP contribution < -0.4 is 16.0 Å². The average Bonchev–Trinajstić information content (AvgIpc) is 2.78. The van der Waals surface area contributed by atoms with Crippen LogP contribution in [0.1, 0.15) is 59.8 Å².